The molecule has 2 aromatic carbocycles. The molecule has 0 bridgehead atoms. The van der Waals surface area contributed by atoms with Crippen LogP contribution in [0.5, 0.6) is 0 Å². The smallest absolute Gasteiger partial charge is 0.349 e. The molecule has 1 radical (unpaired) electrons. The van der Waals surface area contributed by atoms with Crippen molar-refractivity contribution in [3.8, 4) is 0 Å². The number of carbonyl (C=O) groups excluding carboxylic acids is 2. The Morgan fingerprint density at radius 1 is 1.17 bits per heavy atom. The van der Waals surface area contributed by atoms with Gasteiger partial charge in [-0.05, 0) is 93.0 Å². The van der Waals surface area contributed by atoms with Gasteiger partial charge in [0.1, 0.15) is 11.1 Å². The highest BCUT2D eigenvalue weighted by atomic mass is 127. The van der Waals surface area contributed by atoms with E-state index in [4.69, 9.17) is 15.1 Å². The molecule has 1 aliphatic heterocycles. The summed E-state index contributed by atoms with van der Waals surface area (Å²) in [6, 6.07) is 11.6. The molecule has 2 aromatic heterocycles. The molecule has 4 aromatic rings. The molecule has 1 saturated heterocycles. The van der Waals surface area contributed by atoms with E-state index in [9.17, 15) is 19.6 Å². The molecule has 1 unspecified atom stereocenters. The van der Waals surface area contributed by atoms with Gasteiger partial charge >= 0.3 is 5.63 Å². The highest BCUT2D eigenvalue weighted by molar-refractivity contribution is 14.1. The van der Waals surface area contributed by atoms with E-state index < -0.39 is 28.5 Å². The van der Waals surface area contributed by atoms with Gasteiger partial charge < -0.3 is 25.4 Å². The second kappa shape index (κ2) is 11.0. The van der Waals surface area contributed by atoms with Gasteiger partial charge in [0.15, 0.2) is 0 Å². The number of hydrogen-bond acceptors (Lipinski definition) is 7. The molecular formula is C30H34IN6O5. The second-order valence-corrected chi connectivity index (χ2v) is 13.2. The van der Waals surface area contributed by atoms with Crippen LogP contribution in [0.25, 0.3) is 22.0 Å². The molecule has 11 nitrogen and oxygen atoms in total. The molecule has 1 aliphatic rings. The fraction of sp³-hybridized carbons (Fsp3) is 0.400. The predicted octanol–water partition coefficient (Wildman–Crippen LogP) is 3.96. The molecule has 5 rings (SSSR count). The van der Waals surface area contributed by atoms with Crippen molar-refractivity contribution in [2.45, 2.75) is 58.7 Å². The fourth-order valence-corrected chi connectivity index (χ4v) is 6.62. The van der Waals surface area contributed by atoms with E-state index in [2.05, 4.69) is 39.3 Å². The van der Waals surface area contributed by atoms with E-state index >= 15 is 0 Å². The van der Waals surface area contributed by atoms with Gasteiger partial charge in [-0.1, -0.05) is 12.1 Å². The van der Waals surface area contributed by atoms with Crippen LogP contribution in [-0.2, 0) is 16.5 Å². The van der Waals surface area contributed by atoms with Crippen molar-refractivity contribution < 1.29 is 19.2 Å². The topological polar surface area (TPSA) is 155 Å². The summed E-state index contributed by atoms with van der Waals surface area (Å²) in [5, 5.41) is 20.6. The number of nitrogens with one attached hydrogen (secondary N) is 2. The highest BCUT2D eigenvalue weighted by Crippen LogP contribution is 2.43. The Kier molecular flexibility index (Phi) is 7.83. The summed E-state index contributed by atoms with van der Waals surface area (Å²) in [6.45, 7) is 10.2. The first-order chi connectivity index (χ1) is 19.7. The Morgan fingerprint density at radius 2 is 1.90 bits per heavy atom. The van der Waals surface area contributed by atoms with Crippen LogP contribution < -0.4 is 22.0 Å². The molecule has 221 valence electrons. The maximum absolute atomic E-state index is 13.1. The van der Waals surface area contributed by atoms with Crippen molar-refractivity contribution in [2.24, 2.45) is 11.7 Å². The molecule has 12 heteroatoms. The van der Waals surface area contributed by atoms with Crippen molar-refractivity contribution in [1.29, 1.82) is 0 Å². The van der Waals surface area contributed by atoms with Gasteiger partial charge in [0.25, 0.3) is 5.91 Å². The number of fused-ring (bicyclic) bond motifs is 2. The van der Waals surface area contributed by atoms with E-state index in [1.807, 2.05) is 50.5 Å². The van der Waals surface area contributed by atoms with E-state index in [0.29, 0.717) is 54.1 Å². The van der Waals surface area contributed by atoms with Crippen molar-refractivity contribution in [3.63, 3.8) is 0 Å². The Bertz CT molecular complexity index is 1780. The van der Waals surface area contributed by atoms with E-state index in [-0.39, 0.29) is 11.5 Å². The number of anilines is 1. The van der Waals surface area contributed by atoms with E-state index in [1.165, 1.54) is 0 Å². The summed E-state index contributed by atoms with van der Waals surface area (Å²) < 4.78 is 8.57. The van der Waals surface area contributed by atoms with Crippen molar-refractivity contribution in [1.82, 2.24) is 19.9 Å². The number of primary amides is 1. The van der Waals surface area contributed by atoms with Crippen LogP contribution in [0.4, 0.5) is 5.95 Å². The zero-order valence-corrected chi connectivity index (χ0v) is 26.4. The van der Waals surface area contributed by atoms with Crippen LogP contribution in [0, 0.1) is 16.4 Å². The maximum Gasteiger partial charge on any atom is 0.349 e. The van der Waals surface area contributed by atoms with Gasteiger partial charge in [-0.2, -0.15) is 0 Å². The minimum atomic E-state index is -0.843. The molecule has 0 aliphatic carbocycles. The number of hydroxylamine groups is 2. The average Bonchev–Trinajstić information content (AvgIpc) is 3.31. The standard InChI is InChI=1S/C30H34IN6O5/c1-16-19-12-21-22(13-23(19)42-27(40)24(16)25(32)38)36(15-17-7-6-8-18(31)11-17)28(35-21)34-10-9-33-26(39)20-14-29(2,3)37(41)30(20,4)5/h6-8,11-13,20H,9-10,14-15H2,1-5H3,(H2,32,38)(H,33,39)(H,34,35). The molecule has 1 atom stereocenters. The molecule has 3 heterocycles. The van der Waals surface area contributed by atoms with Crippen LogP contribution in [0.15, 0.2) is 45.6 Å². The van der Waals surface area contributed by atoms with Crippen molar-refractivity contribution in [3.05, 3.63) is 67.1 Å². The molecular weight excluding hydrogens is 651 g/mol. The number of halogens is 1. The lowest BCUT2D eigenvalue weighted by Gasteiger charge is -2.33. The SMILES string of the molecule is Cc1c(C(N)=O)c(=O)oc2cc3c(cc12)nc(NCCNC(=O)C1CC(C)(C)N([O])C1(C)C)n3Cc1cccc(I)c1. The monoisotopic (exact) mass is 685 g/mol. The van der Waals surface area contributed by atoms with E-state index in [1.54, 1.807) is 19.1 Å². The summed E-state index contributed by atoms with van der Waals surface area (Å²) in [5.74, 6) is -0.852. The van der Waals surface area contributed by atoms with E-state index in [0.717, 1.165) is 19.7 Å². The molecule has 2 amide bonds. The normalized spacial score (nSPS) is 18.0. The third-order valence-electron chi connectivity index (χ3n) is 8.16. The molecule has 0 saturated carbocycles. The van der Waals surface area contributed by atoms with Crippen LogP contribution in [-0.4, -0.2) is 50.6 Å². The summed E-state index contributed by atoms with van der Waals surface area (Å²) in [6.07, 6.45) is 0.481. The number of amides is 2. The van der Waals surface area contributed by atoms with Crippen LogP contribution >= 0.6 is 22.6 Å². The van der Waals surface area contributed by atoms with Crippen LogP contribution in [0.3, 0.4) is 0 Å². The zero-order chi connectivity index (χ0) is 30.6. The average molecular weight is 686 g/mol. The first-order valence-electron chi connectivity index (χ1n) is 13.7. The summed E-state index contributed by atoms with van der Waals surface area (Å²) >= 11 is 2.26. The third-order valence-corrected chi connectivity index (χ3v) is 8.84. The molecule has 4 N–H and O–H groups in total. The number of benzene rings is 2. The number of nitrogens with zero attached hydrogens (tertiary/aromatic N) is 3. The number of nitrogens with two attached hydrogens (primary N) is 1. The Morgan fingerprint density at radius 3 is 2.55 bits per heavy atom. The third kappa shape index (κ3) is 5.38. The number of aryl methyl sites for hydroxylation is 1. The maximum atomic E-state index is 13.1. The second-order valence-electron chi connectivity index (χ2n) is 12.0. The van der Waals surface area contributed by atoms with Gasteiger partial charge in [0.05, 0.1) is 29.0 Å². The summed E-state index contributed by atoms with van der Waals surface area (Å²) in [4.78, 5) is 42.3. The van der Waals surface area contributed by atoms with Gasteiger partial charge in [-0.25, -0.2) is 9.78 Å². The number of carbonyl (C=O) groups is 2. The van der Waals surface area contributed by atoms with Crippen molar-refractivity contribution in [2.75, 3.05) is 18.4 Å². The number of rotatable bonds is 8. The predicted molar refractivity (Wildman–Crippen MR) is 168 cm³/mol. The number of imidazole rings is 1. The lowest BCUT2D eigenvalue weighted by atomic mass is 9.86. The minimum absolute atomic E-state index is 0.150. The quantitative estimate of drug-likeness (QED) is 0.144. The van der Waals surface area contributed by atoms with Crippen LogP contribution in [0.1, 0.15) is 55.6 Å². The van der Waals surface area contributed by atoms with Gasteiger partial charge in [-0.15, -0.1) is 10.3 Å². The fourth-order valence-electron chi connectivity index (χ4n) is 6.02. The zero-order valence-electron chi connectivity index (χ0n) is 24.2. The molecule has 0 spiro atoms. The molecule has 42 heavy (non-hydrogen) atoms. The Balaban J connectivity index is 1.44. The summed E-state index contributed by atoms with van der Waals surface area (Å²) in [5.41, 5.74) is 6.25. The van der Waals surface area contributed by atoms with Gasteiger partial charge in [-0.3, -0.25) is 9.59 Å². The highest BCUT2D eigenvalue weighted by Gasteiger charge is 2.55. The van der Waals surface area contributed by atoms with Crippen LogP contribution in [0.2, 0.25) is 0 Å². The number of hydrogen-bond donors (Lipinski definition) is 3. The minimum Gasteiger partial charge on any atom is -0.422 e. The summed E-state index contributed by atoms with van der Waals surface area (Å²) in [7, 11) is 0. The Hall–Kier alpha value is -3.49. The lowest BCUT2D eigenvalue weighted by Crippen LogP contribution is -2.49. The first-order valence-corrected chi connectivity index (χ1v) is 14.8. The number of aromatic nitrogens is 2. The molecule has 1 fully saturated rings. The lowest BCUT2D eigenvalue weighted by molar-refractivity contribution is -0.247. The van der Waals surface area contributed by atoms with Gasteiger partial charge in [0.2, 0.25) is 11.9 Å². The van der Waals surface area contributed by atoms with Gasteiger partial charge in [0, 0.05) is 33.7 Å². The first kappa shape index (κ1) is 30.0. The Labute approximate surface area is 256 Å². The largest absolute Gasteiger partial charge is 0.422 e. The van der Waals surface area contributed by atoms with Crippen molar-refractivity contribution >= 4 is 62.4 Å².